The monoisotopic (exact) mass is 1010 g/mol. The molecule has 1 aliphatic heterocycles. The van der Waals surface area contributed by atoms with Gasteiger partial charge in [0.2, 0.25) is 0 Å². The minimum atomic E-state index is -5.07. The summed E-state index contributed by atoms with van der Waals surface area (Å²) in [6.07, 6.45) is 51.5. The average Bonchev–Trinajstić information content (AvgIpc) is 3.34. The summed E-state index contributed by atoms with van der Waals surface area (Å²) in [5.74, 6) is -0.404. The maximum Gasteiger partial charge on any atom is 0.397 e. The number of ether oxygens (including phenoxy) is 4. The van der Waals surface area contributed by atoms with Gasteiger partial charge in [-0.15, -0.1) is 0 Å². The molecule has 6 atom stereocenters. The number of allylic oxidation sites excluding steroid dienone is 8. The van der Waals surface area contributed by atoms with Crippen molar-refractivity contribution in [1.82, 2.24) is 0 Å². The summed E-state index contributed by atoms with van der Waals surface area (Å²) < 4.78 is 59.4. The minimum absolute atomic E-state index is 0.0348. The molecule has 4 N–H and O–H groups in total. The Balaban J connectivity index is 2.31. The molecule has 0 amide bonds. The zero-order valence-corrected chi connectivity index (χ0v) is 45.1. The van der Waals surface area contributed by atoms with E-state index in [-0.39, 0.29) is 19.6 Å². The summed E-state index contributed by atoms with van der Waals surface area (Å²) in [6.45, 7) is 3.92. The van der Waals surface area contributed by atoms with Gasteiger partial charge in [-0.25, -0.2) is 4.18 Å². The number of rotatable bonds is 50. The average molecular weight is 1010 g/mol. The Kier molecular flexibility index (Phi) is 45.3. The highest BCUT2D eigenvalue weighted by molar-refractivity contribution is 7.80. The van der Waals surface area contributed by atoms with Crippen molar-refractivity contribution in [3.8, 4) is 0 Å². The molecule has 0 aliphatic carbocycles. The summed E-state index contributed by atoms with van der Waals surface area (Å²) >= 11 is 0. The van der Waals surface area contributed by atoms with Gasteiger partial charge in [0.05, 0.1) is 19.8 Å². The van der Waals surface area contributed by atoms with Gasteiger partial charge in [0.1, 0.15) is 30.5 Å². The van der Waals surface area contributed by atoms with Crippen LogP contribution in [0.4, 0.5) is 0 Å². The standard InChI is InChI=1S/C57H104O12S/c1-3-5-7-9-11-13-15-17-19-21-23-25-27-29-31-33-35-37-39-41-43-45-47-65-49-51(50-66-57-55(61)56(69-70(62,63)64)54(60)52(48-58)68-57)67-53(59)46-44-42-40-38-36-34-32-30-28-26-24-22-20-18-16-14-12-10-8-6-4-2/h6,8,12,14,18,20,24,26,51-52,54-58,60-61H,3-5,7,9-11,13,15-17,19,21-23,25,27-50H2,1-2H3,(H,62,63,64)/b8-6-,14-12-,20-18-,26-24-. The fraction of sp³-hybridized carbons (Fsp3) is 0.842. The topological polar surface area (TPSA) is 178 Å². The second-order valence-electron chi connectivity index (χ2n) is 19.5. The summed E-state index contributed by atoms with van der Waals surface area (Å²) in [4.78, 5) is 12.9. The Labute approximate surface area is 427 Å². The van der Waals surface area contributed by atoms with Crippen LogP contribution in [0.5, 0.6) is 0 Å². The van der Waals surface area contributed by atoms with Crippen LogP contribution in [0.25, 0.3) is 0 Å². The van der Waals surface area contributed by atoms with Crippen molar-refractivity contribution in [3.05, 3.63) is 48.6 Å². The van der Waals surface area contributed by atoms with Crippen LogP contribution in [0, 0.1) is 0 Å². The molecule has 1 saturated heterocycles. The predicted molar refractivity (Wildman–Crippen MR) is 285 cm³/mol. The van der Waals surface area contributed by atoms with Crippen molar-refractivity contribution < 1.29 is 56.2 Å². The molecule has 1 rings (SSSR count). The first-order valence-electron chi connectivity index (χ1n) is 28.4. The lowest BCUT2D eigenvalue weighted by Crippen LogP contribution is -2.60. The maximum atomic E-state index is 12.9. The Bertz CT molecular complexity index is 1400. The van der Waals surface area contributed by atoms with Crippen LogP contribution in [-0.2, 0) is 38.3 Å². The molecule has 1 fully saturated rings. The number of carbonyl (C=O) groups excluding carboxylic acids is 1. The van der Waals surface area contributed by atoms with Gasteiger partial charge in [0.25, 0.3) is 0 Å². The van der Waals surface area contributed by atoms with Gasteiger partial charge in [0, 0.05) is 13.0 Å². The van der Waals surface area contributed by atoms with E-state index in [1.165, 1.54) is 148 Å². The van der Waals surface area contributed by atoms with Crippen molar-refractivity contribution in [2.24, 2.45) is 0 Å². The molecule has 1 aliphatic rings. The molecule has 70 heavy (non-hydrogen) atoms. The number of unbranched alkanes of at least 4 members (excludes halogenated alkanes) is 29. The number of carbonyl (C=O) groups is 1. The Morgan fingerprint density at radius 2 is 0.986 bits per heavy atom. The van der Waals surface area contributed by atoms with Crippen molar-refractivity contribution in [1.29, 1.82) is 0 Å². The van der Waals surface area contributed by atoms with Crippen LogP contribution in [-0.4, -0.2) is 97.5 Å². The third-order valence-corrected chi connectivity index (χ3v) is 13.4. The molecule has 6 unspecified atom stereocenters. The van der Waals surface area contributed by atoms with Crippen LogP contribution >= 0.6 is 0 Å². The molecule has 410 valence electrons. The minimum Gasteiger partial charge on any atom is -0.457 e. The van der Waals surface area contributed by atoms with Crippen LogP contribution in [0.3, 0.4) is 0 Å². The van der Waals surface area contributed by atoms with Crippen LogP contribution in [0.2, 0.25) is 0 Å². The van der Waals surface area contributed by atoms with E-state index in [9.17, 15) is 33.1 Å². The molecular weight excluding hydrogens is 909 g/mol. The highest BCUT2D eigenvalue weighted by atomic mass is 32.3. The van der Waals surface area contributed by atoms with E-state index >= 15 is 0 Å². The predicted octanol–water partition coefficient (Wildman–Crippen LogP) is 13.9. The lowest BCUT2D eigenvalue weighted by molar-refractivity contribution is -0.301. The molecule has 1 heterocycles. The molecule has 0 saturated carbocycles. The van der Waals surface area contributed by atoms with Crippen molar-refractivity contribution in [2.75, 3.05) is 26.4 Å². The molecule has 0 aromatic heterocycles. The zero-order valence-electron chi connectivity index (χ0n) is 44.3. The Morgan fingerprint density at radius 3 is 1.44 bits per heavy atom. The van der Waals surface area contributed by atoms with Crippen LogP contribution in [0.15, 0.2) is 48.6 Å². The van der Waals surface area contributed by atoms with Gasteiger partial charge < -0.3 is 34.3 Å². The zero-order chi connectivity index (χ0) is 51.0. The first kappa shape index (κ1) is 66.1. The first-order valence-corrected chi connectivity index (χ1v) is 29.8. The van der Waals surface area contributed by atoms with Gasteiger partial charge >= 0.3 is 16.4 Å². The largest absolute Gasteiger partial charge is 0.457 e. The fourth-order valence-corrected chi connectivity index (χ4v) is 9.23. The van der Waals surface area contributed by atoms with E-state index in [4.69, 9.17) is 18.9 Å². The Morgan fingerprint density at radius 1 is 0.557 bits per heavy atom. The lowest BCUT2D eigenvalue weighted by atomic mass is 9.99. The van der Waals surface area contributed by atoms with Crippen LogP contribution < -0.4 is 0 Å². The molecule has 0 spiro atoms. The number of hydrogen-bond donors (Lipinski definition) is 4. The fourth-order valence-electron chi connectivity index (χ4n) is 8.73. The van der Waals surface area contributed by atoms with Gasteiger partial charge in [-0.05, 0) is 51.4 Å². The van der Waals surface area contributed by atoms with Crippen molar-refractivity contribution in [2.45, 2.75) is 282 Å². The summed E-state index contributed by atoms with van der Waals surface area (Å²) in [6, 6.07) is 0. The second-order valence-corrected chi connectivity index (χ2v) is 20.6. The summed E-state index contributed by atoms with van der Waals surface area (Å²) in [5, 5.41) is 30.8. The van der Waals surface area contributed by atoms with Crippen molar-refractivity contribution in [3.63, 3.8) is 0 Å². The van der Waals surface area contributed by atoms with Gasteiger partial charge in [-0.3, -0.25) is 9.35 Å². The van der Waals surface area contributed by atoms with Gasteiger partial charge in [-0.2, -0.15) is 8.42 Å². The quantitative estimate of drug-likeness (QED) is 0.0196. The lowest BCUT2D eigenvalue weighted by Gasteiger charge is -2.41. The van der Waals surface area contributed by atoms with Gasteiger partial charge in [-0.1, -0.05) is 236 Å². The van der Waals surface area contributed by atoms with Crippen molar-refractivity contribution >= 4 is 16.4 Å². The van der Waals surface area contributed by atoms with E-state index in [0.29, 0.717) is 13.0 Å². The van der Waals surface area contributed by atoms with E-state index in [1.807, 2.05) is 0 Å². The molecular formula is C57H104O12S. The SMILES string of the molecule is CC/C=C\C/C=C\C/C=C\C/C=C\CCCCCCCCCCC(=O)OC(COCCCCCCCCCCCCCCCCCCCCCCCC)COC1OC(CO)C(O)C(OS(=O)(=O)O)C1O. The second kappa shape index (κ2) is 48.0. The molecule has 0 aromatic carbocycles. The highest BCUT2D eigenvalue weighted by Crippen LogP contribution is 2.26. The number of aliphatic hydroxyl groups excluding tert-OH is 3. The third kappa shape index (κ3) is 40.5. The normalized spacial score (nSPS) is 19.4. The summed E-state index contributed by atoms with van der Waals surface area (Å²) in [7, 11) is -5.07. The summed E-state index contributed by atoms with van der Waals surface area (Å²) in [5.41, 5.74) is 0. The molecule has 13 heteroatoms. The molecule has 12 nitrogen and oxygen atoms in total. The van der Waals surface area contributed by atoms with E-state index in [1.54, 1.807) is 0 Å². The smallest absolute Gasteiger partial charge is 0.397 e. The Hall–Kier alpha value is -1.94. The van der Waals surface area contributed by atoms with Gasteiger partial charge in [0.15, 0.2) is 6.29 Å². The molecule has 0 radical (unpaired) electrons. The number of hydrogen-bond acceptors (Lipinski definition) is 11. The number of esters is 1. The highest BCUT2D eigenvalue weighted by Gasteiger charge is 2.48. The maximum absolute atomic E-state index is 12.9. The van der Waals surface area contributed by atoms with Crippen LogP contribution in [0.1, 0.15) is 245 Å². The number of aliphatic hydroxyl groups is 3. The molecule has 0 aromatic rings. The first-order chi connectivity index (χ1) is 34.1. The van der Waals surface area contributed by atoms with E-state index in [0.717, 1.165) is 70.6 Å². The van der Waals surface area contributed by atoms with E-state index < -0.39 is 59.8 Å². The molecule has 0 bridgehead atoms. The third-order valence-electron chi connectivity index (χ3n) is 13.0. The van der Waals surface area contributed by atoms with E-state index in [2.05, 4.69) is 66.6 Å².